The van der Waals surface area contributed by atoms with Crippen LogP contribution in [-0.4, -0.2) is 61.1 Å². The molecule has 1 amide bonds. The largest absolute Gasteiger partial charge is 0.378 e. The second kappa shape index (κ2) is 5.99. The van der Waals surface area contributed by atoms with E-state index in [1.165, 1.54) is 0 Å². The number of carbonyl (C=O) groups is 1. The van der Waals surface area contributed by atoms with Crippen LogP contribution in [0.4, 0.5) is 0 Å². The minimum atomic E-state index is 0.139. The van der Waals surface area contributed by atoms with Crippen LogP contribution < -0.4 is 0 Å². The van der Waals surface area contributed by atoms with Gasteiger partial charge in [0, 0.05) is 32.8 Å². The van der Waals surface area contributed by atoms with Gasteiger partial charge in [-0.05, 0) is 12.8 Å². The fourth-order valence-corrected chi connectivity index (χ4v) is 2.38. The number of nitrogens with zero attached hydrogens (tertiary/aromatic N) is 3. The molecule has 0 aromatic heterocycles. The van der Waals surface area contributed by atoms with Gasteiger partial charge >= 0.3 is 0 Å². The number of carbonyl (C=O) groups excluding carboxylic acids is 1. The Morgan fingerprint density at radius 3 is 2.71 bits per heavy atom. The lowest BCUT2D eigenvalue weighted by Gasteiger charge is -2.33. The molecule has 0 aliphatic carbocycles. The van der Waals surface area contributed by atoms with Crippen molar-refractivity contribution in [2.75, 3.05) is 39.3 Å². The number of hydrogen-bond acceptors (Lipinski definition) is 4. The molecule has 1 atom stereocenters. The van der Waals surface area contributed by atoms with Gasteiger partial charge in [-0.2, -0.15) is 5.26 Å². The van der Waals surface area contributed by atoms with E-state index in [0.29, 0.717) is 13.0 Å². The Hall–Kier alpha value is -1.12. The molecule has 2 heterocycles. The summed E-state index contributed by atoms with van der Waals surface area (Å²) in [5.74, 6) is 0.202. The normalized spacial score (nSPS) is 25.8. The molecule has 17 heavy (non-hydrogen) atoms. The lowest BCUT2D eigenvalue weighted by atomic mass is 10.1. The Kier molecular flexibility index (Phi) is 4.35. The van der Waals surface area contributed by atoms with Gasteiger partial charge < -0.3 is 9.64 Å². The first-order valence-electron chi connectivity index (χ1n) is 6.28. The SMILES string of the molecule is N#CCN1CCN(C(=O)CC2CCCO2)CC1. The summed E-state index contributed by atoms with van der Waals surface area (Å²) in [4.78, 5) is 16.0. The van der Waals surface area contributed by atoms with Gasteiger partial charge in [-0.1, -0.05) is 0 Å². The summed E-state index contributed by atoms with van der Waals surface area (Å²) in [6.07, 6.45) is 2.76. The van der Waals surface area contributed by atoms with Crippen molar-refractivity contribution in [3.05, 3.63) is 0 Å². The van der Waals surface area contributed by atoms with E-state index in [4.69, 9.17) is 10.00 Å². The molecule has 1 unspecified atom stereocenters. The van der Waals surface area contributed by atoms with Crippen LogP contribution in [0.5, 0.6) is 0 Å². The molecule has 5 heteroatoms. The van der Waals surface area contributed by atoms with Crippen LogP contribution in [0.15, 0.2) is 0 Å². The molecule has 0 spiro atoms. The van der Waals surface area contributed by atoms with Crippen LogP contribution in [-0.2, 0) is 9.53 Å². The van der Waals surface area contributed by atoms with Crippen molar-refractivity contribution in [3.63, 3.8) is 0 Å². The van der Waals surface area contributed by atoms with E-state index in [9.17, 15) is 4.79 Å². The molecule has 2 saturated heterocycles. The minimum Gasteiger partial charge on any atom is -0.378 e. The van der Waals surface area contributed by atoms with Crippen LogP contribution in [0.3, 0.4) is 0 Å². The highest BCUT2D eigenvalue weighted by molar-refractivity contribution is 5.76. The number of ether oxygens (including phenoxy) is 1. The molecule has 0 aromatic rings. The average Bonchev–Trinajstić information content (AvgIpc) is 2.83. The number of rotatable bonds is 3. The van der Waals surface area contributed by atoms with Gasteiger partial charge in [0.15, 0.2) is 0 Å². The maximum atomic E-state index is 12.0. The van der Waals surface area contributed by atoms with Gasteiger partial charge in [0.1, 0.15) is 0 Å². The van der Waals surface area contributed by atoms with E-state index in [0.717, 1.165) is 45.6 Å². The summed E-state index contributed by atoms with van der Waals surface area (Å²) in [5.41, 5.74) is 0. The van der Waals surface area contributed by atoms with E-state index >= 15 is 0 Å². The fourth-order valence-electron chi connectivity index (χ4n) is 2.38. The first kappa shape index (κ1) is 12.3. The van der Waals surface area contributed by atoms with Crippen molar-refractivity contribution >= 4 is 5.91 Å². The molecule has 94 valence electrons. The summed E-state index contributed by atoms with van der Waals surface area (Å²) >= 11 is 0. The third kappa shape index (κ3) is 3.42. The van der Waals surface area contributed by atoms with E-state index in [-0.39, 0.29) is 12.0 Å². The molecule has 2 aliphatic heterocycles. The first-order chi connectivity index (χ1) is 8.29. The number of nitriles is 1. The third-order valence-corrected chi connectivity index (χ3v) is 3.45. The van der Waals surface area contributed by atoms with Crippen molar-refractivity contribution in [1.82, 2.24) is 9.80 Å². The van der Waals surface area contributed by atoms with Gasteiger partial charge in [0.25, 0.3) is 0 Å². The molecular weight excluding hydrogens is 218 g/mol. The molecule has 2 fully saturated rings. The molecule has 5 nitrogen and oxygen atoms in total. The molecule has 2 rings (SSSR count). The van der Waals surface area contributed by atoms with E-state index in [2.05, 4.69) is 11.0 Å². The second-order valence-corrected chi connectivity index (χ2v) is 4.65. The third-order valence-electron chi connectivity index (χ3n) is 3.45. The molecule has 0 aromatic carbocycles. The quantitative estimate of drug-likeness (QED) is 0.659. The summed E-state index contributed by atoms with van der Waals surface area (Å²) < 4.78 is 5.47. The highest BCUT2D eigenvalue weighted by Gasteiger charge is 2.25. The highest BCUT2D eigenvalue weighted by atomic mass is 16.5. The Morgan fingerprint density at radius 1 is 1.35 bits per heavy atom. The number of hydrogen-bond donors (Lipinski definition) is 0. The molecular formula is C12H19N3O2. The van der Waals surface area contributed by atoms with Crippen LogP contribution in [0.1, 0.15) is 19.3 Å². The van der Waals surface area contributed by atoms with Gasteiger partial charge in [0.2, 0.25) is 5.91 Å². The number of piperazine rings is 1. The topological polar surface area (TPSA) is 56.6 Å². The molecule has 0 saturated carbocycles. The van der Waals surface area contributed by atoms with Gasteiger partial charge in [-0.15, -0.1) is 0 Å². The Bertz CT molecular complexity index is 299. The van der Waals surface area contributed by atoms with Gasteiger partial charge in [-0.25, -0.2) is 0 Å². The number of amides is 1. The minimum absolute atomic E-state index is 0.139. The maximum absolute atomic E-state index is 12.0. The molecule has 0 radical (unpaired) electrons. The van der Waals surface area contributed by atoms with Crippen molar-refractivity contribution in [3.8, 4) is 6.07 Å². The summed E-state index contributed by atoms with van der Waals surface area (Å²) in [5, 5.41) is 8.59. The summed E-state index contributed by atoms with van der Waals surface area (Å²) in [6.45, 7) is 4.37. The zero-order valence-electron chi connectivity index (χ0n) is 10.1. The molecule has 2 aliphatic rings. The average molecular weight is 237 g/mol. The lowest BCUT2D eigenvalue weighted by molar-refractivity contribution is -0.135. The van der Waals surface area contributed by atoms with E-state index in [1.54, 1.807) is 0 Å². The predicted octanol–water partition coefficient (Wildman–Crippen LogP) is 0.223. The smallest absolute Gasteiger partial charge is 0.225 e. The molecule has 0 bridgehead atoms. The zero-order chi connectivity index (χ0) is 12.1. The Morgan fingerprint density at radius 2 is 2.12 bits per heavy atom. The van der Waals surface area contributed by atoms with Crippen LogP contribution in [0.2, 0.25) is 0 Å². The second-order valence-electron chi connectivity index (χ2n) is 4.65. The van der Waals surface area contributed by atoms with Crippen molar-refractivity contribution in [1.29, 1.82) is 5.26 Å². The Balaban J connectivity index is 1.72. The summed E-state index contributed by atoms with van der Waals surface area (Å²) in [6, 6.07) is 2.14. The van der Waals surface area contributed by atoms with Gasteiger partial charge in [0.05, 0.1) is 25.1 Å². The van der Waals surface area contributed by atoms with Crippen LogP contribution in [0, 0.1) is 11.3 Å². The van der Waals surface area contributed by atoms with Crippen LogP contribution >= 0.6 is 0 Å². The van der Waals surface area contributed by atoms with Crippen LogP contribution in [0.25, 0.3) is 0 Å². The summed E-state index contributed by atoms with van der Waals surface area (Å²) in [7, 11) is 0. The van der Waals surface area contributed by atoms with Gasteiger partial charge in [-0.3, -0.25) is 9.69 Å². The Labute approximate surface area is 102 Å². The molecule has 0 N–H and O–H groups in total. The standard InChI is InChI=1S/C12H19N3O2/c13-3-4-14-5-7-15(8-6-14)12(16)10-11-2-1-9-17-11/h11H,1-2,4-10H2. The van der Waals surface area contributed by atoms with E-state index in [1.807, 2.05) is 4.90 Å². The zero-order valence-corrected chi connectivity index (χ0v) is 10.1. The van der Waals surface area contributed by atoms with Crippen molar-refractivity contribution in [2.45, 2.75) is 25.4 Å². The fraction of sp³-hybridized carbons (Fsp3) is 0.833. The van der Waals surface area contributed by atoms with E-state index < -0.39 is 0 Å². The monoisotopic (exact) mass is 237 g/mol. The first-order valence-corrected chi connectivity index (χ1v) is 6.28. The predicted molar refractivity (Wildman–Crippen MR) is 62.2 cm³/mol. The van der Waals surface area contributed by atoms with Crippen molar-refractivity contribution < 1.29 is 9.53 Å². The highest BCUT2D eigenvalue weighted by Crippen LogP contribution is 2.16. The van der Waals surface area contributed by atoms with Crippen molar-refractivity contribution in [2.24, 2.45) is 0 Å². The maximum Gasteiger partial charge on any atom is 0.225 e. The lowest BCUT2D eigenvalue weighted by Crippen LogP contribution is -2.49.